The average Bonchev–Trinajstić information content (AvgIpc) is 2.89. The number of fused-ring (bicyclic) bond motifs is 1. The molecule has 0 spiro atoms. The van der Waals surface area contributed by atoms with Gasteiger partial charge >= 0.3 is 0 Å². The molecule has 0 amide bonds. The van der Waals surface area contributed by atoms with Crippen LogP contribution in [0.25, 0.3) is 10.9 Å². The van der Waals surface area contributed by atoms with Crippen molar-refractivity contribution in [1.29, 1.82) is 0 Å². The molecule has 0 radical (unpaired) electrons. The lowest BCUT2D eigenvalue weighted by Crippen LogP contribution is -2.17. The van der Waals surface area contributed by atoms with Gasteiger partial charge in [0.05, 0.1) is 0 Å². The zero-order valence-corrected chi connectivity index (χ0v) is 11.7. The molecule has 20 heavy (non-hydrogen) atoms. The Kier molecular flexibility index (Phi) is 3.79. The summed E-state index contributed by atoms with van der Waals surface area (Å²) in [6, 6.07) is 10.5. The third-order valence-electron chi connectivity index (χ3n) is 3.71. The smallest absolute Gasteiger partial charge is 0.0456 e. The topological polar surface area (TPSA) is 40.7 Å². The molecule has 3 heteroatoms. The molecule has 102 valence electrons. The second-order valence-corrected chi connectivity index (χ2v) is 5.09. The Hall–Kier alpha value is -2.13. The van der Waals surface area contributed by atoms with Crippen LogP contribution in [0.5, 0.6) is 0 Å². The molecule has 2 heterocycles. The third-order valence-corrected chi connectivity index (χ3v) is 3.71. The lowest BCUT2D eigenvalue weighted by Gasteiger charge is -2.06. The number of rotatable bonds is 5. The van der Waals surface area contributed by atoms with Crippen molar-refractivity contribution in [3.63, 3.8) is 0 Å². The molecule has 3 rings (SSSR count). The standard InChI is InChI=1S/C17H19N3/c1-13-6-8-18-10-15(13)11-19-9-7-14-12-20-17-5-3-2-4-16(14)17/h2-6,8,10,12,19-20H,7,9,11H2,1H3. The molecule has 3 nitrogen and oxygen atoms in total. The molecule has 0 saturated carbocycles. The van der Waals surface area contributed by atoms with E-state index in [0.29, 0.717) is 0 Å². The van der Waals surface area contributed by atoms with Crippen LogP contribution in [0.4, 0.5) is 0 Å². The van der Waals surface area contributed by atoms with E-state index in [9.17, 15) is 0 Å². The van der Waals surface area contributed by atoms with Gasteiger partial charge < -0.3 is 10.3 Å². The lowest BCUT2D eigenvalue weighted by atomic mass is 10.1. The SMILES string of the molecule is Cc1ccncc1CNCCc1c[nH]c2ccccc12. The molecule has 0 unspecified atom stereocenters. The van der Waals surface area contributed by atoms with Crippen LogP contribution in [0, 0.1) is 6.92 Å². The van der Waals surface area contributed by atoms with Crippen molar-refractivity contribution in [2.75, 3.05) is 6.54 Å². The van der Waals surface area contributed by atoms with E-state index in [1.807, 2.05) is 12.4 Å². The number of hydrogen-bond donors (Lipinski definition) is 2. The van der Waals surface area contributed by atoms with Crippen molar-refractivity contribution < 1.29 is 0 Å². The van der Waals surface area contributed by atoms with E-state index in [1.54, 1.807) is 0 Å². The highest BCUT2D eigenvalue weighted by Gasteiger charge is 2.02. The summed E-state index contributed by atoms with van der Waals surface area (Å²) in [5, 5.41) is 4.82. The Bertz CT molecular complexity index is 700. The van der Waals surface area contributed by atoms with Gasteiger partial charge in [-0.3, -0.25) is 4.98 Å². The number of aryl methyl sites for hydroxylation is 1. The Morgan fingerprint density at radius 1 is 1.15 bits per heavy atom. The van der Waals surface area contributed by atoms with Gasteiger partial charge in [-0.1, -0.05) is 18.2 Å². The second-order valence-electron chi connectivity index (χ2n) is 5.09. The number of hydrogen-bond acceptors (Lipinski definition) is 2. The van der Waals surface area contributed by atoms with Crippen LogP contribution in [-0.4, -0.2) is 16.5 Å². The Labute approximate surface area is 119 Å². The van der Waals surface area contributed by atoms with Crippen molar-refractivity contribution in [3.05, 3.63) is 65.6 Å². The number of nitrogens with zero attached hydrogens (tertiary/aromatic N) is 1. The summed E-state index contributed by atoms with van der Waals surface area (Å²) < 4.78 is 0. The minimum absolute atomic E-state index is 0.877. The van der Waals surface area contributed by atoms with Gasteiger partial charge in [-0.25, -0.2) is 0 Å². The monoisotopic (exact) mass is 265 g/mol. The van der Waals surface area contributed by atoms with Crippen LogP contribution < -0.4 is 5.32 Å². The first-order valence-corrected chi connectivity index (χ1v) is 7.00. The van der Waals surface area contributed by atoms with Crippen LogP contribution in [0.3, 0.4) is 0 Å². The molecule has 0 bridgehead atoms. The zero-order valence-electron chi connectivity index (χ0n) is 11.7. The highest BCUT2D eigenvalue weighted by molar-refractivity contribution is 5.83. The lowest BCUT2D eigenvalue weighted by molar-refractivity contribution is 0.684. The predicted octanol–water partition coefficient (Wildman–Crippen LogP) is 3.20. The maximum atomic E-state index is 4.17. The highest BCUT2D eigenvalue weighted by atomic mass is 14.9. The summed E-state index contributed by atoms with van der Waals surface area (Å²) in [6.07, 6.45) is 6.92. The van der Waals surface area contributed by atoms with Crippen LogP contribution in [0.2, 0.25) is 0 Å². The van der Waals surface area contributed by atoms with E-state index in [-0.39, 0.29) is 0 Å². The molecule has 1 aromatic carbocycles. The van der Waals surface area contributed by atoms with Gasteiger partial charge in [0.2, 0.25) is 0 Å². The van der Waals surface area contributed by atoms with Gasteiger partial charge in [-0.2, -0.15) is 0 Å². The number of aromatic amines is 1. The van der Waals surface area contributed by atoms with Gasteiger partial charge in [0.1, 0.15) is 0 Å². The average molecular weight is 265 g/mol. The number of pyridine rings is 1. The van der Waals surface area contributed by atoms with Crippen molar-refractivity contribution >= 4 is 10.9 Å². The van der Waals surface area contributed by atoms with Gasteiger partial charge in [-0.05, 0) is 48.7 Å². The second kappa shape index (κ2) is 5.88. The number of aromatic nitrogens is 2. The van der Waals surface area contributed by atoms with Crippen LogP contribution in [-0.2, 0) is 13.0 Å². The van der Waals surface area contributed by atoms with E-state index in [1.165, 1.54) is 27.6 Å². The summed E-state index contributed by atoms with van der Waals surface area (Å²) in [4.78, 5) is 7.49. The Morgan fingerprint density at radius 2 is 2.05 bits per heavy atom. The molecular weight excluding hydrogens is 246 g/mol. The molecule has 0 aliphatic rings. The molecule has 3 aromatic rings. The van der Waals surface area contributed by atoms with Gasteiger partial charge in [-0.15, -0.1) is 0 Å². The number of H-pyrrole nitrogens is 1. The maximum Gasteiger partial charge on any atom is 0.0456 e. The molecule has 0 atom stereocenters. The summed E-state index contributed by atoms with van der Waals surface area (Å²) in [7, 11) is 0. The fraction of sp³-hybridized carbons (Fsp3) is 0.235. The maximum absolute atomic E-state index is 4.17. The number of benzene rings is 1. The minimum atomic E-state index is 0.877. The fourth-order valence-corrected chi connectivity index (χ4v) is 2.47. The van der Waals surface area contributed by atoms with Crippen LogP contribution in [0.15, 0.2) is 48.9 Å². The normalized spacial score (nSPS) is 11.1. The predicted molar refractivity (Wildman–Crippen MR) is 82.7 cm³/mol. The molecular formula is C17H19N3. The summed E-state index contributed by atoms with van der Waals surface area (Å²) >= 11 is 0. The number of nitrogens with one attached hydrogen (secondary N) is 2. The molecule has 2 N–H and O–H groups in total. The van der Waals surface area contributed by atoms with E-state index in [4.69, 9.17) is 0 Å². The summed E-state index contributed by atoms with van der Waals surface area (Å²) in [5.74, 6) is 0. The van der Waals surface area contributed by atoms with Gasteiger partial charge in [0.25, 0.3) is 0 Å². The van der Waals surface area contributed by atoms with Crippen molar-refractivity contribution in [2.24, 2.45) is 0 Å². The van der Waals surface area contributed by atoms with E-state index < -0.39 is 0 Å². The molecule has 0 aliphatic heterocycles. The molecule has 0 aliphatic carbocycles. The fourth-order valence-electron chi connectivity index (χ4n) is 2.47. The van der Waals surface area contributed by atoms with Crippen molar-refractivity contribution in [3.8, 4) is 0 Å². The first-order chi connectivity index (χ1) is 9.84. The number of para-hydroxylation sites is 1. The quantitative estimate of drug-likeness (QED) is 0.695. The summed E-state index contributed by atoms with van der Waals surface area (Å²) in [5.41, 5.74) is 5.15. The van der Waals surface area contributed by atoms with Crippen LogP contribution in [0.1, 0.15) is 16.7 Å². The van der Waals surface area contributed by atoms with Crippen molar-refractivity contribution in [2.45, 2.75) is 19.9 Å². The Morgan fingerprint density at radius 3 is 2.95 bits per heavy atom. The van der Waals surface area contributed by atoms with E-state index >= 15 is 0 Å². The van der Waals surface area contributed by atoms with Crippen LogP contribution >= 0.6 is 0 Å². The third kappa shape index (κ3) is 2.73. The summed E-state index contributed by atoms with van der Waals surface area (Å²) in [6.45, 7) is 3.97. The van der Waals surface area contributed by atoms with Crippen molar-refractivity contribution in [1.82, 2.24) is 15.3 Å². The largest absolute Gasteiger partial charge is 0.361 e. The molecule has 0 fully saturated rings. The van der Waals surface area contributed by atoms with E-state index in [2.05, 4.69) is 58.7 Å². The molecule has 2 aromatic heterocycles. The Balaban J connectivity index is 1.57. The highest BCUT2D eigenvalue weighted by Crippen LogP contribution is 2.17. The first kappa shape index (κ1) is 12.9. The minimum Gasteiger partial charge on any atom is -0.361 e. The first-order valence-electron chi connectivity index (χ1n) is 7.00. The van der Waals surface area contributed by atoms with Gasteiger partial charge in [0, 0.05) is 36.0 Å². The zero-order chi connectivity index (χ0) is 13.8. The van der Waals surface area contributed by atoms with E-state index in [0.717, 1.165) is 19.5 Å². The molecule has 0 saturated heterocycles. The van der Waals surface area contributed by atoms with Gasteiger partial charge in [0.15, 0.2) is 0 Å².